The quantitative estimate of drug-likeness (QED) is 0.777. The van der Waals surface area contributed by atoms with E-state index in [1.165, 1.54) is 6.39 Å². The summed E-state index contributed by atoms with van der Waals surface area (Å²) < 4.78 is 7.19. The molecule has 0 saturated heterocycles. The summed E-state index contributed by atoms with van der Waals surface area (Å²) >= 11 is 0. The number of aryl methyl sites for hydroxylation is 1. The Kier molecular flexibility index (Phi) is 3.36. The van der Waals surface area contributed by atoms with Crippen LogP contribution in [0.1, 0.15) is 19.0 Å². The van der Waals surface area contributed by atoms with Gasteiger partial charge in [-0.25, -0.2) is 4.98 Å². The van der Waals surface area contributed by atoms with Crippen molar-refractivity contribution in [3.8, 4) is 11.5 Å². The van der Waals surface area contributed by atoms with Crippen LogP contribution in [0.4, 0.5) is 0 Å². The highest BCUT2D eigenvalue weighted by Crippen LogP contribution is 2.21. The molecule has 2 aromatic heterocycles. The molecule has 2 rings (SSSR count). The number of oxazole rings is 1. The summed E-state index contributed by atoms with van der Waals surface area (Å²) in [6, 6.07) is 1.92. The zero-order chi connectivity index (χ0) is 11.4. The number of aromatic nitrogens is 3. The summed E-state index contributed by atoms with van der Waals surface area (Å²) in [5.74, 6) is 0.795. The molecule has 0 aliphatic rings. The Morgan fingerprint density at radius 1 is 1.50 bits per heavy atom. The molecule has 0 aliphatic heterocycles. The Morgan fingerprint density at radius 2 is 2.38 bits per heavy atom. The first-order valence-electron chi connectivity index (χ1n) is 5.44. The molecule has 0 aliphatic carbocycles. The fourth-order valence-corrected chi connectivity index (χ4v) is 1.58. The molecule has 0 saturated carbocycles. The summed E-state index contributed by atoms with van der Waals surface area (Å²) in [6.07, 6.45) is 4.34. The molecule has 0 aromatic carbocycles. The maximum atomic E-state index is 5.41. The van der Waals surface area contributed by atoms with Crippen molar-refractivity contribution in [3.05, 3.63) is 24.4 Å². The Labute approximate surface area is 94.5 Å². The normalized spacial score (nSPS) is 10.9. The fourth-order valence-electron chi connectivity index (χ4n) is 1.58. The van der Waals surface area contributed by atoms with Gasteiger partial charge in [-0.1, -0.05) is 6.92 Å². The molecular formula is C11H16N4O. The molecule has 0 spiro atoms. The van der Waals surface area contributed by atoms with Crippen molar-refractivity contribution >= 4 is 0 Å². The van der Waals surface area contributed by atoms with Gasteiger partial charge in [0.15, 0.2) is 12.2 Å². The minimum atomic E-state index is 0.727. The first-order valence-corrected chi connectivity index (χ1v) is 5.44. The maximum Gasteiger partial charge on any atom is 0.181 e. The predicted molar refractivity (Wildman–Crippen MR) is 60.7 cm³/mol. The molecule has 2 heterocycles. The van der Waals surface area contributed by atoms with Crippen molar-refractivity contribution < 1.29 is 4.42 Å². The predicted octanol–water partition coefficient (Wildman–Crippen LogP) is 1.57. The Morgan fingerprint density at radius 3 is 3.06 bits per heavy atom. The van der Waals surface area contributed by atoms with Crippen LogP contribution in [-0.2, 0) is 13.6 Å². The lowest BCUT2D eigenvalue weighted by Gasteiger charge is -2.02. The number of nitrogens with zero attached hydrogens (tertiary/aromatic N) is 3. The van der Waals surface area contributed by atoms with E-state index < -0.39 is 0 Å². The summed E-state index contributed by atoms with van der Waals surface area (Å²) in [6.45, 7) is 3.85. The van der Waals surface area contributed by atoms with Crippen LogP contribution in [0, 0.1) is 0 Å². The van der Waals surface area contributed by atoms with Crippen LogP contribution in [0.2, 0.25) is 0 Å². The van der Waals surface area contributed by atoms with Crippen molar-refractivity contribution in [1.29, 1.82) is 0 Å². The van der Waals surface area contributed by atoms with Gasteiger partial charge in [0.25, 0.3) is 0 Å². The second kappa shape index (κ2) is 4.94. The summed E-state index contributed by atoms with van der Waals surface area (Å²) in [5, 5.41) is 7.43. The number of rotatable bonds is 5. The molecule has 0 unspecified atom stereocenters. The molecule has 5 heteroatoms. The average Bonchev–Trinajstić information content (AvgIpc) is 2.87. The van der Waals surface area contributed by atoms with E-state index in [1.807, 2.05) is 13.1 Å². The lowest BCUT2D eigenvalue weighted by Crippen LogP contribution is -2.14. The van der Waals surface area contributed by atoms with Crippen LogP contribution >= 0.6 is 0 Å². The third-order valence-electron chi connectivity index (χ3n) is 2.41. The van der Waals surface area contributed by atoms with Crippen molar-refractivity contribution in [2.45, 2.75) is 19.9 Å². The number of hydrogen-bond donors (Lipinski definition) is 1. The molecule has 0 bridgehead atoms. The first-order chi connectivity index (χ1) is 7.83. The van der Waals surface area contributed by atoms with Crippen molar-refractivity contribution in [2.24, 2.45) is 7.05 Å². The molecule has 16 heavy (non-hydrogen) atoms. The van der Waals surface area contributed by atoms with Crippen molar-refractivity contribution in [1.82, 2.24) is 20.1 Å². The van der Waals surface area contributed by atoms with Crippen LogP contribution in [0.25, 0.3) is 11.5 Å². The van der Waals surface area contributed by atoms with E-state index in [9.17, 15) is 0 Å². The van der Waals surface area contributed by atoms with Crippen LogP contribution in [-0.4, -0.2) is 21.3 Å². The standard InChI is InChI=1S/C11H16N4O/c1-3-5-12-7-9-11(16-8-13-9)10-4-6-14-15(10)2/h4,6,8,12H,3,5,7H2,1-2H3. The van der Waals surface area contributed by atoms with E-state index in [0.717, 1.165) is 36.7 Å². The van der Waals surface area contributed by atoms with E-state index in [2.05, 4.69) is 22.3 Å². The van der Waals surface area contributed by atoms with E-state index >= 15 is 0 Å². The molecule has 0 fully saturated rings. The van der Waals surface area contributed by atoms with E-state index in [-0.39, 0.29) is 0 Å². The zero-order valence-electron chi connectivity index (χ0n) is 9.60. The highest BCUT2D eigenvalue weighted by molar-refractivity contribution is 5.54. The summed E-state index contributed by atoms with van der Waals surface area (Å²) in [7, 11) is 1.89. The summed E-state index contributed by atoms with van der Waals surface area (Å²) in [5.41, 5.74) is 1.88. The SMILES string of the molecule is CCCNCc1ncoc1-c1ccnn1C. The van der Waals surface area contributed by atoms with Gasteiger partial charge in [0.1, 0.15) is 11.4 Å². The molecule has 2 aromatic rings. The lowest BCUT2D eigenvalue weighted by molar-refractivity contribution is 0.561. The minimum absolute atomic E-state index is 0.727. The van der Waals surface area contributed by atoms with E-state index in [4.69, 9.17) is 4.42 Å². The van der Waals surface area contributed by atoms with Crippen LogP contribution in [0.3, 0.4) is 0 Å². The third kappa shape index (κ3) is 2.14. The molecule has 0 radical (unpaired) electrons. The van der Waals surface area contributed by atoms with Gasteiger partial charge in [-0.3, -0.25) is 4.68 Å². The van der Waals surface area contributed by atoms with Gasteiger partial charge in [0.2, 0.25) is 0 Å². The van der Waals surface area contributed by atoms with Gasteiger partial charge in [-0.15, -0.1) is 0 Å². The maximum absolute atomic E-state index is 5.41. The molecular weight excluding hydrogens is 204 g/mol. The first kappa shape index (κ1) is 10.9. The van der Waals surface area contributed by atoms with Gasteiger partial charge < -0.3 is 9.73 Å². The monoisotopic (exact) mass is 220 g/mol. The Bertz CT molecular complexity index is 446. The van der Waals surface area contributed by atoms with Gasteiger partial charge in [0.05, 0.1) is 0 Å². The topological polar surface area (TPSA) is 55.9 Å². The molecule has 5 nitrogen and oxygen atoms in total. The number of hydrogen-bond acceptors (Lipinski definition) is 4. The molecule has 0 atom stereocenters. The average molecular weight is 220 g/mol. The highest BCUT2D eigenvalue weighted by Gasteiger charge is 2.13. The fraction of sp³-hybridized carbons (Fsp3) is 0.455. The molecule has 0 amide bonds. The second-order valence-electron chi connectivity index (χ2n) is 3.65. The largest absolute Gasteiger partial charge is 0.442 e. The van der Waals surface area contributed by atoms with Crippen LogP contribution in [0.15, 0.2) is 23.1 Å². The lowest BCUT2D eigenvalue weighted by atomic mass is 10.2. The van der Waals surface area contributed by atoms with Gasteiger partial charge >= 0.3 is 0 Å². The van der Waals surface area contributed by atoms with Crippen molar-refractivity contribution in [3.63, 3.8) is 0 Å². The highest BCUT2D eigenvalue weighted by atomic mass is 16.3. The van der Waals surface area contributed by atoms with Crippen LogP contribution < -0.4 is 5.32 Å². The minimum Gasteiger partial charge on any atom is -0.442 e. The van der Waals surface area contributed by atoms with E-state index in [0.29, 0.717) is 0 Å². The second-order valence-corrected chi connectivity index (χ2v) is 3.65. The number of nitrogens with one attached hydrogen (secondary N) is 1. The van der Waals surface area contributed by atoms with Gasteiger partial charge in [-0.05, 0) is 19.0 Å². The molecule has 1 N–H and O–H groups in total. The van der Waals surface area contributed by atoms with Gasteiger partial charge in [-0.2, -0.15) is 5.10 Å². The van der Waals surface area contributed by atoms with Crippen LogP contribution in [0.5, 0.6) is 0 Å². The summed E-state index contributed by atoms with van der Waals surface area (Å²) in [4.78, 5) is 4.21. The smallest absolute Gasteiger partial charge is 0.181 e. The third-order valence-corrected chi connectivity index (χ3v) is 2.41. The van der Waals surface area contributed by atoms with Crippen molar-refractivity contribution in [2.75, 3.05) is 6.54 Å². The zero-order valence-corrected chi connectivity index (χ0v) is 9.60. The molecule has 86 valence electrons. The Hall–Kier alpha value is -1.62. The van der Waals surface area contributed by atoms with E-state index in [1.54, 1.807) is 10.9 Å². The van der Waals surface area contributed by atoms with Gasteiger partial charge in [0, 0.05) is 19.8 Å². The Balaban J connectivity index is 2.16.